The van der Waals surface area contributed by atoms with E-state index in [0.717, 1.165) is 36.2 Å². The van der Waals surface area contributed by atoms with E-state index in [1.807, 2.05) is 29.1 Å². The Morgan fingerprint density at radius 3 is 2.59 bits per heavy atom. The minimum atomic E-state index is -0.525. The molecule has 1 aliphatic carbocycles. The number of fused-ring (bicyclic) bond motifs is 1. The van der Waals surface area contributed by atoms with Crippen molar-refractivity contribution in [2.45, 2.75) is 32.3 Å². The maximum Gasteiger partial charge on any atom is 0.341 e. The van der Waals surface area contributed by atoms with E-state index in [2.05, 4.69) is 0 Å². The SMILES string of the molecule is NC(=O)c1ccccc1COC(=O)c1c(-n2cccc2)sc2c1CCCC2. The molecule has 0 aliphatic heterocycles. The predicted octanol–water partition coefficient (Wildman–Crippen LogP) is 3.87. The number of nitrogens with zero attached hydrogens (tertiary/aromatic N) is 1. The highest BCUT2D eigenvalue weighted by Crippen LogP contribution is 2.37. The van der Waals surface area contributed by atoms with Crippen molar-refractivity contribution < 1.29 is 14.3 Å². The van der Waals surface area contributed by atoms with Gasteiger partial charge in [-0.15, -0.1) is 11.3 Å². The third-order valence-electron chi connectivity index (χ3n) is 4.84. The Morgan fingerprint density at radius 2 is 1.81 bits per heavy atom. The molecule has 0 saturated carbocycles. The first-order chi connectivity index (χ1) is 13.1. The summed E-state index contributed by atoms with van der Waals surface area (Å²) in [5.74, 6) is -0.875. The van der Waals surface area contributed by atoms with Crippen molar-refractivity contribution in [1.29, 1.82) is 0 Å². The molecular weight excluding hydrogens is 360 g/mol. The fraction of sp³-hybridized carbons (Fsp3) is 0.238. The van der Waals surface area contributed by atoms with E-state index < -0.39 is 5.91 Å². The molecule has 0 radical (unpaired) electrons. The Labute approximate surface area is 161 Å². The smallest absolute Gasteiger partial charge is 0.341 e. The van der Waals surface area contributed by atoms with Crippen LogP contribution in [0, 0.1) is 0 Å². The molecule has 138 valence electrons. The summed E-state index contributed by atoms with van der Waals surface area (Å²) in [5, 5.41) is 0.903. The second-order valence-corrected chi connectivity index (χ2v) is 7.66. The van der Waals surface area contributed by atoms with Crippen molar-refractivity contribution in [3.63, 3.8) is 0 Å². The number of hydrogen-bond donors (Lipinski definition) is 1. The zero-order chi connectivity index (χ0) is 18.8. The first-order valence-corrected chi connectivity index (χ1v) is 9.79. The summed E-state index contributed by atoms with van der Waals surface area (Å²) in [5.41, 5.74) is 8.18. The number of benzene rings is 1. The van der Waals surface area contributed by atoms with Gasteiger partial charge in [-0.1, -0.05) is 18.2 Å². The predicted molar refractivity (Wildman–Crippen MR) is 104 cm³/mol. The van der Waals surface area contributed by atoms with E-state index in [0.29, 0.717) is 16.7 Å². The molecule has 0 bridgehead atoms. The van der Waals surface area contributed by atoms with Gasteiger partial charge in [0.25, 0.3) is 0 Å². The molecule has 5 nitrogen and oxygen atoms in total. The lowest BCUT2D eigenvalue weighted by Crippen LogP contribution is -2.16. The van der Waals surface area contributed by atoms with Gasteiger partial charge in [-0.25, -0.2) is 4.79 Å². The maximum absolute atomic E-state index is 13.0. The van der Waals surface area contributed by atoms with Crippen LogP contribution in [0.15, 0.2) is 48.8 Å². The number of esters is 1. The fourth-order valence-corrected chi connectivity index (χ4v) is 4.86. The number of thiophene rings is 1. The van der Waals surface area contributed by atoms with Crippen LogP contribution in [-0.2, 0) is 24.2 Å². The number of aryl methyl sites for hydroxylation is 1. The van der Waals surface area contributed by atoms with E-state index in [-0.39, 0.29) is 12.6 Å². The molecule has 0 spiro atoms. The maximum atomic E-state index is 13.0. The number of hydrogen-bond acceptors (Lipinski definition) is 4. The second kappa shape index (κ2) is 7.40. The van der Waals surface area contributed by atoms with E-state index in [1.54, 1.807) is 35.6 Å². The van der Waals surface area contributed by atoms with E-state index >= 15 is 0 Å². The highest BCUT2D eigenvalue weighted by molar-refractivity contribution is 7.15. The number of carbonyl (C=O) groups excluding carboxylic acids is 2. The molecule has 0 atom stereocenters. The van der Waals surface area contributed by atoms with Crippen LogP contribution in [0.3, 0.4) is 0 Å². The van der Waals surface area contributed by atoms with Crippen LogP contribution in [0.4, 0.5) is 0 Å². The molecule has 6 heteroatoms. The molecule has 3 aromatic rings. The molecule has 2 N–H and O–H groups in total. The number of primary amides is 1. The lowest BCUT2D eigenvalue weighted by Gasteiger charge is -2.13. The molecule has 4 rings (SSSR count). The summed E-state index contributed by atoms with van der Waals surface area (Å²) in [6, 6.07) is 10.8. The average molecular weight is 380 g/mol. The number of rotatable bonds is 5. The van der Waals surface area contributed by atoms with Crippen LogP contribution in [-0.4, -0.2) is 16.4 Å². The van der Waals surface area contributed by atoms with Gasteiger partial charge in [-0.05, 0) is 49.4 Å². The van der Waals surface area contributed by atoms with Crippen LogP contribution >= 0.6 is 11.3 Å². The minimum Gasteiger partial charge on any atom is -0.457 e. The molecule has 0 saturated heterocycles. The van der Waals surface area contributed by atoms with Gasteiger partial charge in [-0.3, -0.25) is 4.79 Å². The molecule has 27 heavy (non-hydrogen) atoms. The Balaban J connectivity index is 1.64. The number of carbonyl (C=O) groups is 2. The van der Waals surface area contributed by atoms with Gasteiger partial charge in [-0.2, -0.15) is 0 Å². The van der Waals surface area contributed by atoms with E-state index in [9.17, 15) is 9.59 Å². The molecule has 2 aromatic heterocycles. The highest BCUT2D eigenvalue weighted by atomic mass is 32.1. The summed E-state index contributed by atoms with van der Waals surface area (Å²) < 4.78 is 7.58. The monoisotopic (exact) mass is 380 g/mol. The van der Waals surface area contributed by atoms with Crippen LogP contribution in [0.1, 0.15) is 49.6 Å². The average Bonchev–Trinajstić information content (AvgIpc) is 3.33. The molecule has 1 amide bonds. The third-order valence-corrected chi connectivity index (χ3v) is 6.14. The van der Waals surface area contributed by atoms with Gasteiger partial charge < -0.3 is 15.0 Å². The summed E-state index contributed by atoms with van der Waals surface area (Å²) >= 11 is 1.67. The Bertz CT molecular complexity index is 989. The minimum absolute atomic E-state index is 0.0215. The van der Waals surface area contributed by atoms with Crippen molar-refractivity contribution in [2.75, 3.05) is 0 Å². The molecule has 2 heterocycles. The van der Waals surface area contributed by atoms with Gasteiger partial charge in [0.2, 0.25) is 5.91 Å². The van der Waals surface area contributed by atoms with E-state index in [4.69, 9.17) is 10.5 Å². The van der Waals surface area contributed by atoms with Gasteiger partial charge >= 0.3 is 5.97 Å². The second-order valence-electron chi connectivity index (χ2n) is 6.58. The largest absolute Gasteiger partial charge is 0.457 e. The van der Waals surface area contributed by atoms with Gasteiger partial charge in [0, 0.05) is 28.4 Å². The zero-order valence-electron chi connectivity index (χ0n) is 14.8. The molecule has 1 aliphatic rings. The third kappa shape index (κ3) is 3.40. The Morgan fingerprint density at radius 1 is 1.07 bits per heavy atom. The van der Waals surface area contributed by atoms with Gasteiger partial charge in [0.15, 0.2) is 0 Å². The van der Waals surface area contributed by atoms with Crippen LogP contribution in [0.5, 0.6) is 0 Å². The number of amides is 1. The molecule has 1 aromatic carbocycles. The first kappa shape index (κ1) is 17.5. The molecule has 0 fully saturated rings. The van der Waals surface area contributed by atoms with Crippen LogP contribution < -0.4 is 5.73 Å². The van der Waals surface area contributed by atoms with Crippen molar-refractivity contribution >= 4 is 23.2 Å². The lowest BCUT2D eigenvalue weighted by atomic mass is 9.95. The quantitative estimate of drug-likeness (QED) is 0.683. The Hall–Kier alpha value is -2.86. The van der Waals surface area contributed by atoms with Crippen LogP contribution in [0.2, 0.25) is 0 Å². The van der Waals surface area contributed by atoms with Crippen molar-refractivity contribution in [1.82, 2.24) is 4.57 Å². The standard InChI is InChI=1S/C21H20N2O3S/c22-19(24)15-8-2-1-7-14(15)13-26-21(25)18-16-9-3-4-10-17(16)27-20(18)23-11-5-6-12-23/h1-2,5-8,11-12H,3-4,9-10,13H2,(H2,22,24). The number of ether oxygens (including phenoxy) is 1. The van der Waals surface area contributed by atoms with Crippen molar-refractivity contribution in [3.8, 4) is 5.00 Å². The topological polar surface area (TPSA) is 74.3 Å². The van der Waals surface area contributed by atoms with E-state index in [1.165, 1.54) is 4.88 Å². The molecule has 0 unspecified atom stereocenters. The van der Waals surface area contributed by atoms with Crippen molar-refractivity contribution in [2.24, 2.45) is 5.73 Å². The number of aromatic nitrogens is 1. The van der Waals surface area contributed by atoms with Crippen LogP contribution in [0.25, 0.3) is 5.00 Å². The van der Waals surface area contributed by atoms with Gasteiger partial charge in [0.1, 0.15) is 11.6 Å². The first-order valence-electron chi connectivity index (χ1n) is 8.98. The fourth-order valence-electron chi connectivity index (χ4n) is 3.52. The Kier molecular flexibility index (Phi) is 4.81. The number of nitrogens with two attached hydrogens (primary N) is 1. The van der Waals surface area contributed by atoms with Crippen molar-refractivity contribution in [3.05, 3.63) is 75.9 Å². The summed E-state index contributed by atoms with van der Waals surface area (Å²) in [4.78, 5) is 25.9. The lowest BCUT2D eigenvalue weighted by molar-refractivity contribution is 0.0469. The summed E-state index contributed by atoms with van der Waals surface area (Å²) in [6.45, 7) is 0.0215. The normalized spacial score (nSPS) is 13.2. The summed E-state index contributed by atoms with van der Waals surface area (Å²) in [7, 11) is 0. The zero-order valence-corrected chi connectivity index (χ0v) is 15.6. The highest BCUT2D eigenvalue weighted by Gasteiger charge is 2.27. The summed E-state index contributed by atoms with van der Waals surface area (Å²) in [6.07, 6.45) is 8.02. The molecular formula is C21H20N2O3S. The van der Waals surface area contributed by atoms with Gasteiger partial charge in [0.05, 0.1) is 5.56 Å².